The van der Waals surface area contributed by atoms with Crippen molar-refractivity contribution in [3.05, 3.63) is 34.3 Å². The number of hydrogen-bond acceptors (Lipinski definition) is 1. The van der Waals surface area contributed by atoms with Gasteiger partial charge in [0.2, 0.25) is 0 Å². The highest BCUT2D eigenvalue weighted by molar-refractivity contribution is 9.10. The van der Waals surface area contributed by atoms with E-state index in [0.717, 1.165) is 24.4 Å². The molecule has 1 aromatic rings. The van der Waals surface area contributed by atoms with Crippen molar-refractivity contribution in [2.45, 2.75) is 45.6 Å². The molecule has 0 heterocycles. The number of hydrogen-bond donors (Lipinski definition) is 1. The van der Waals surface area contributed by atoms with E-state index < -0.39 is 0 Å². The van der Waals surface area contributed by atoms with Crippen LogP contribution in [0.1, 0.15) is 38.7 Å². The number of rotatable bonds is 4. The highest BCUT2D eigenvalue weighted by Gasteiger charge is 2.27. The third-order valence-electron chi connectivity index (χ3n) is 4.12. The van der Waals surface area contributed by atoms with Crippen LogP contribution in [0.5, 0.6) is 0 Å². The fraction of sp³-hybridized carbons (Fsp3) is 0.625. The topological polar surface area (TPSA) is 12.0 Å². The maximum Gasteiger partial charge on any atom is 0.0175 e. The Bertz CT molecular complexity index is 360. The first kappa shape index (κ1) is 14.1. The van der Waals surface area contributed by atoms with Crippen LogP contribution in [0.2, 0.25) is 0 Å². The van der Waals surface area contributed by atoms with E-state index in [-0.39, 0.29) is 0 Å². The Morgan fingerprint density at radius 1 is 1.22 bits per heavy atom. The van der Waals surface area contributed by atoms with Crippen LogP contribution in [0.15, 0.2) is 28.7 Å². The van der Waals surface area contributed by atoms with Crippen LogP contribution in [-0.2, 0) is 6.42 Å². The van der Waals surface area contributed by atoms with Gasteiger partial charge in [-0.2, -0.15) is 0 Å². The van der Waals surface area contributed by atoms with Gasteiger partial charge in [-0.3, -0.25) is 0 Å². The Labute approximate surface area is 119 Å². The van der Waals surface area contributed by atoms with Gasteiger partial charge in [-0.1, -0.05) is 41.9 Å². The van der Waals surface area contributed by atoms with Gasteiger partial charge in [-0.25, -0.2) is 0 Å². The summed E-state index contributed by atoms with van der Waals surface area (Å²) < 4.78 is 1.17. The average Bonchev–Trinajstić information content (AvgIpc) is 2.36. The van der Waals surface area contributed by atoms with Gasteiger partial charge in [-0.05, 0) is 61.8 Å². The lowest BCUT2D eigenvalue weighted by Gasteiger charge is -2.35. The zero-order valence-corrected chi connectivity index (χ0v) is 13.0. The summed E-state index contributed by atoms with van der Waals surface area (Å²) in [6.07, 6.45) is 5.31. The Hall–Kier alpha value is -0.340. The molecule has 1 N–H and O–H groups in total. The van der Waals surface area contributed by atoms with Gasteiger partial charge in [-0.15, -0.1) is 0 Å². The SMILES string of the molecule is CCNC1CCC(C)CC1Cc1ccc(Br)cc1. The number of benzene rings is 1. The van der Waals surface area contributed by atoms with E-state index >= 15 is 0 Å². The third-order valence-corrected chi connectivity index (χ3v) is 4.65. The highest BCUT2D eigenvalue weighted by atomic mass is 79.9. The molecule has 3 unspecified atom stereocenters. The fourth-order valence-corrected chi connectivity index (χ4v) is 3.44. The monoisotopic (exact) mass is 309 g/mol. The molecule has 1 fully saturated rings. The molecule has 1 aliphatic carbocycles. The van der Waals surface area contributed by atoms with Crippen molar-refractivity contribution in [3.63, 3.8) is 0 Å². The van der Waals surface area contributed by atoms with Crippen molar-refractivity contribution in [1.82, 2.24) is 5.32 Å². The molecule has 0 radical (unpaired) electrons. The summed E-state index contributed by atoms with van der Waals surface area (Å²) in [5.74, 6) is 1.69. The van der Waals surface area contributed by atoms with E-state index in [1.807, 2.05) is 0 Å². The molecule has 100 valence electrons. The summed E-state index contributed by atoms with van der Waals surface area (Å²) in [6.45, 7) is 5.71. The van der Waals surface area contributed by atoms with Gasteiger partial charge in [0.1, 0.15) is 0 Å². The summed E-state index contributed by atoms with van der Waals surface area (Å²) in [7, 11) is 0. The second-order valence-electron chi connectivity index (χ2n) is 5.67. The standard InChI is InChI=1S/C16H24BrN/c1-3-18-16-9-4-12(2)10-14(16)11-13-5-7-15(17)8-6-13/h5-8,12,14,16,18H,3-4,9-11H2,1-2H3. The first-order valence-electron chi connectivity index (χ1n) is 7.17. The first-order valence-corrected chi connectivity index (χ1v) is 7.96. The van der Waals surface area contributed by atoms with Crippen molar-refractivity contribution in [2.75, 3.05) is 6.54 Å². The molecule has 2 rings (SSSR count). The van der Waals surface area contributed by atoms with Crippen LogP contribution in [0.4, 0.5) is 0 Å². The van der Waals surface area contributed by atoms with Crippen LogP contribution in [0, 0.1) is 11.8 Å². The average molecular weight is 310 g/mol. The molecule has 18 heavy (non-hydrogen) atoms. The predicted octanol–water partition coefficient (Wildman–Crippen LogP) is 4.41. The molecule has 3 atom stereocenters. The maximum atomic E-state index is 3.68. The second kappa shape index (κ2) is 6.72. The van der Waals surface area contributed by atoms with Crippen LogP contribution >= 0.6 is 15.9 Å². The second-order valence-corrected chi connectivity index (χ2v) is 6.59. The lowest BCUT2D eigenvalue weighted by molar-refractivity contribution is 0.214. The molecule has 1 nitrogen and oxygen atoms in total. The molecular weight excluding hydrogens is 286 g/mol. The Morgan fingerprint density at radius 2 is 1.94 bits per heavy atom. The van der Waals surface area contributed by atoms with Crippen molar-refractivity contribution < 1.29 is 0 Å². The van der Waals surface area contributed by atoms with E-state index in [0.29, 0.717) is 0 Å². The van der Waals surface area contributed by atoms with Gasteiger partial charge in [0.05, 0.1) is 0 Å². The molecule has 1 aromatic carbocycles. The minimum atomic E-state index is 0.717. The zero-order valence-electron chi connectivity index (χ0n) is 11.5. The van der Waals surface area contributed by atoms with Crippen molar-refractivity contribution >= 4 is 15.9 Å². The smallest absolute Gasteiger partial charge is 0.0175 e. The minimum absolute atomic E-state index is 0.717. The van der Waals surface area contributed by atoms with E-state index in [1.54, 1.807) is 0 Å². The Kier molecular flexibility index (Phi) is 5.25. The molecular formula is C16H24BrN. The predicted molar refractivity (Wildman–Crippen MR) is 81.8 cm³/mol. The van der Waals surface area contributed by atoms with Gasteiger partial charge >= 0.3 is 0 Å². The van der Waals surface area contributed by atoms with E-state index in [1.165, 1.54) is 35.7 Å². The Balaban J connectivity index is 2.01. The lowest BCUT2D eigenvalue weighted by atomic mass is 9.76. The maximum absolute atomic E-state index is 3.68. The molecule has 1 saturated carbocycles. The van der Waals surface area contributed by atoms with Crippen molar-refractivity contribution in [3.8, 4) is 0 Å². The molecule has 1 aliphatic rings. The van der Waals surface area contributed by atoms with Crippen molar-refractivity contribution in [1.29, 1.82) is 0 Å². The summed E-state index contributed by atoms with van der Waals surface area (Å²) in [5.41, 5.74) is 1.47. The van der Waals surface area contributed by atoms with Gasteiger partial charge in [0.15, 0.2) is 0 Å². The van der Waals surface area contributed by atoms with Crippen LogP contribution in [-0.4, -0.2) is 12.6 Å². The number of nitrogens with one attached hydrogen (secondary N) is 1. The number of halogens is 1. The molecule has 0 spiro atoms. The normalized spacial score (nSPS) is 28.3. The summed E-state index contributed by atoms with van der Waals surface area (Å²) in [6, 6.07) is 9.54. The van der Waals surface area contributed by atoms with Gasteiger partial charge in [0, 0.05) is 10.5 Å². The molecule has 0 aromatic heterocycles. The van der Waals surface area contributed by atoms with E-state index in [2.05, 4.69) is 59.4 Å². The fourth-order valence-electron chi connectivity index (χ4n) is 3.18. The summed E-state index contributed by atoms with van der Waals surface area (Å²) >= 11 is 3.50. The molecule has 0 bridgehead atoms. The first-order chi connectivity index (χ1) is 8.69. The zero-order chi connectivity index (χ0) is 13.0. The largest absolute Gasteiger partial charge is 0.314 e. The molecule has 0 amide bonds. The van der Waals surface area contributed by atoms with Gasteiger partial charge in [0.25, 0.3) is 0 Å². The quantitative estimate of drug-likeness (QED) is 0.869. The third kappa shape index (κ3) is 3.83. The van der Waals surface area contributed by atoms with Gasteiger partial charge < -0.3 is 5.32 Å². The molecule has 2 heteroatoms. The summed E-state index contributed by atoms with van der Waals surface area (Å²) in [4.78, 5) is 0. The highest BCUT2D eigenvalue weighted by Crippen LogP contribution is 2.31. The Morgan fingerprint density at radius 3 is 2.61 bits per heavy atom. The minimum Gasteiger partial charge on any atom is -0.314 e. The summed E-state index contributed by atoms with van der Waals surface area (Å²) in [5, 5.41) is 3.68. The lowest BCUT2D eigenvalue weighted by Crippen LogP contribution is -2.41. The molecule has 0 saturated heterocycles. The van der Waals surface area contributed by atoms with E-state index in [4.69, 9.17) is 0 Å². The van der Waals surface area contributed by atoms with Crippen LogP contribution in [0.25, 0.3) is 0 Å². The molecule has 0 aliphatic heterocycles. The van der Waals surface area contributed by atoms with Crippen LogP contribution < -0.4 is 5.32 Å². The van der Waals surface area contributed by atoms with Crippen molar-refractivity contribution in [2.24, 2.45) is 11.8 Å². The van der Waals surface area contributed by atoms with E-state index in [9.17, 15) is 0 Å². The van der Waals surface area contributed by atoms with Crippen LogP contribution in [0.3, 0.4) is 0 Å².